The van der Waals surface area contributed by atoms with Gasteiger partial charge in [0, 0.05) is 12.7 Å². The molecule has 0 spiro atoms. The number of fused-ring (bicyclic) bond motifs is 1. The van der Waals surface area contributed by atoms with Crippen molar-refractivity contribution in [2.24, 2.45) is 5.92 Å². The Balaban J connectivity index is 1.74. The molecule has 20 heavy (non-hydrogen) atoms. The number of rotatable bonds is 3. The minimum absolute atomic E-state index is 0.797. The number of nitrogens with one attached hydrogen (secondary N) is 1. The Bertz CT molecular complexity index is 649. The van der Waals surface area contributed by atoms with Gasteiger partial charge in [-0.2, -0.15) is 0 Å². The third-order valence-electron chi connectivity index (χ3n) is 4.34. The van der Waals surface area contributed by atoms with Crippen LogP contribution in [-0.4, -0.2) is 39.6 Å². The van der Waals surface area contributed by atoms with E-state index in [1.807, 2.05) is 6.20 Å². The number of hydrogen-bond acceptors (Lipinski definition) is 3. The zero-order valence-electron chi connectivity index (χ0n) is 12.2. The Labute approximate surface area is 124 Å². The van der Waals surface area contributed by atoms with Gasteiger partial charge >= 0.3 is 0 Å². The van der Waals surface area contributed by atoms with Crippen LogP contribution in [0.3, 0.4) is 0 Å². The number of H-pyrrole nitrogens is 1. The van der Waals surface area contributed by atoms with Gasteiger partial charge in [-0.05, 0) is 76.1 Å². The highest BCUT2D eigenvalue weighted by molar-refractivity contribution is 7.71. The smallest absolute Gasteiger partial charge is 0.179 e. The monoisotopic (exact) mass is 290 g/mol. The number of piperidine rings is 1. The van der Waals surface area contributed by atoms with Crippen molar-refractivity contribution in [3.05, 3.63) is 22.6 Å². The second kappa shape index (κ2) is 5.66. The van der Waals surface area contributed by atoms with Crippen LogP contribution >= 0.6 is 12.2 Å². The number of likely N-dealkylation sites (tertiary alicyclic amines) is 1. The van der Waals surface area contributed by atoms with E-state index in [1.165, 1.54) is 32.4 Å². The molecule has 0 saturated carbocycles. The minimum atomic E-state index is 0.797. The van der Waals surface area contributed by atoms with E-state index >= 15 is 0 Å². The van der Waals surface area contributed by atoms with Gasteiger partial charge in [-0.25, -0.2) is 4.98 Å². The largest absolute Gasteiger partial charge is 0.329 e. The second-order valence-electron chi connectivity index (χ2n) is 6.00. The molecule has 1 saturated heterocycles. The molecule has 0 unspecified atom stereocenters. The fourth-order valence-electron chi connectivity index (χ4n) is 3.02. The van der Waals surface area contributed by atoms with Crippen molar-refractivity contribution >= 4 is 23.4 Å². The number of aryl methyl sites for hydroxylation is 2. The van der Waals surface area contributed by atoms with Gasteiger partial charge in [-0.3, -0.25) is 0 Å². The number of pyridine rings is 1. The molecule has 5 heteroatoms. The predicted octanol–water partition coefficient (Wildman–Crippen LogP) is 3.13. The molecule has 3 heterocycles. The van der Waals surface area contributed by atoms with Gasteiger partial charge < -0.3 is 14.5 Å². The molecule has 2 aromatic heterocycles. The van der Waals surface area contributed by atoms with E-state index in [4.69, 9.17) is 12.2 Å². The summed E-state index contributed by atoms with van der Waals surface area (Å²) in [7, 11) is 2.21. The number of nitrogens with zero attached hydrogens (tertiary/aromatic N) is 3. The SMILES string of the molecule is Cc1cnc2c(c1)[nH]c(=S)n2CCC1CCN(C)CC1. The quantitative estimate of drug-likeness (QED) is 0.882. The average molecular weight is 290 g/mol. The van der Waals surface area contributed by atoms with Gasteiger partial charge in [0.05, 0.1) is 5.52 Å². The molecule has 3 rings (SSSR count). The van der Waals surface area contributed by atoms with E-state index in [9.17, 15) is 0 Å². The number of aromatic amines is 1. The first kappa shape index (κ1) is 13.8. The molecular weight excluding hydrogens is 268 g/mol. The fourth-order valence-corrected chi connectivity index (χ4v) is 3.31. The fraction of sp³-hybridized carbons (Fsp3) is 0.600. The van der Waals surface area contributed by atoms with Crippen LogP contribution in [0.25, 0.3) is 11.2 Å². The average Bonchev–Trinajstić information content (AvgIpc) is 2.73. The van der Waals surface area contributed by atoms with E-state index in [-0.39, 0.29) is 0 Å². The summed E-state index contributed by atoms with van der Waals surface area (Å²) in [5.41, 5.74) is 3.21. The summed E-state index contributed by atoms with van der Waals surface area (Å²) in [4.78, 5) is 10.2. The zero-order chi connectivity index (χ0) is 14.1. The highest BCUT2D eigenvalue weighted by atomic mass is 32.1. The van der Waals surface area contributed by atoms with Gasteiger partial charge in [-0.15, -0.1) is 0 Å². The number of hydrogen-bond donors (Lipinski definition) is 1. The van der Waals surface area contributed by atoms with E-state index in [0.717, 1.165) is 34.0 Å². The lowest BCUT2D eigenvalue weighted by Crippen LogP contribution is -2.30. The zero-order valence-corrected chi connectivity index (χ0v) is 13.0. The first-order chi connectivity index (χ1) is 9.63. The lowest BCUT2D eigenvalue weighted by Gasteiger charge is -2.28. The molecule has 1 N–H and O–H groups in total. The van der Waals surface area contributed by atoms with Crippen LogP contribution in [0.15, 0.2) is 12.3 Å². The van der Waals surface area contributed by atoms with Gasteiger partial charge in [0.1, 0.15) is 0 Å². The van der Waals surface area contributed by atoms with E-state index in [1.54, 1.807) is 0 Å². The van der Waals surface area contributed by atoms with Crippen molar-refractivity contribution in [1.29, 1.82) is 0 Å². The lowest BCUT2D eigenvalue weighted by molar-refractivity contribution is 0.208. The molecule has 2 aromatic rings. The topological polar surface area (TPSA) is 36.9 Å². The summed E-state index contributed by atoms with van der Waals surface area (Å²) in [5.74, 6) is 0.823. The highest BCUT2D eigenvalue weighted by Crippen LogP contribution is 2.21. The lowest BCUT2D eigenvalue weighted by atomic mass is 9.94. The molecule has 0 aliphatic carbocycles. The van der Waals surface area contributed by atoms with Crippen molar-refractivity contribution in [3.8, 4) is 0 Å². The molecule has 1 aliphatic heterocycles. The number of aromatic nitrogens is 3. The molecule has 0 radical (unpaired) electrons. The Kier molecular flexibility index (Phi) is 3.89. The Morgan fingerprint density at radius 1 is 1.40 bits per heavy atom. The maximum absolute atomic E-state index is 5.44. The van der Waals surface area contributed by atoms with Crippen LogP contribution in [0.5, 0.6) is 0 Å². The van der Waals surface area contributed by atoms with Crippen molar-refractivity contribution in [1.82, 2.24) is 19.4 Å². The normalized spacial score (nSPS) is 17.9. The first-order valence-corrected chi connectivity index (χ1v) is 7.78. The van der Waals surface area contributed by atoms with Crippen LogP contribution in [0.1, 0.15) is 24.8 Å². The Morgan fingerprint density at radius 2 is 2.15 bits per heavy atom. The van der Waals surface area contributed by atoms with Crippen molar-refractivity contribution in [2.75, 3.05) is 20.1 Å². The summed E-state index contributed by atoms with van der Waals surface area (Å²) in [5, 5.41) is 0. The summed E-state index contributed by atoms with van der Waals surface area (Å²) >= 11 is 5.44. The van der Waals surface area contributed by atoms with Crippen LogP contribution in [0, 0.1) is 17.6 Å². The summed E-state index contributed by atoms with van der Waals surface area (Å²) in [6, 6.07) is 2.12. The third kappa shape index (κ3) is 2.79. The van der Waals surface area contributed by atoms with Crippen molar-refractivity contribution in [3.63, 3.8) is 0 Å². The Morgan fingerprint density at radius 3 is 2.90 bits per heavy atom. The molecule has 0 atom stereocenters. The molecule has 0 bridgehead atoms. The van der Waals surface area contributed by atoms with Crippen LogP contribution in [0.2, 0.25) is 0 Å². The van der Waals surface area contributed by atoms with Gasteiger partial charge in [0.2, 0.25) is 0 Å². The molecule has 0 amide bonds. The van der Waals surface area contributed by atoms with E-state index in [0.29, 0.717) is 0 Å². The van der Waals surface area contributed by atoms with Crippen LogP contribution in [0.4, 0.5) is 0 Å². The third-order valence-corrected chi connectivity index (χ3v) is 4.67. The molecule has 1 aliphatic rings. The molecule has 4 nitrogen and oxygen atoms in total. The first-order valence-electron chi connectivity index (χ1n) is 7.37. The predicted molar refractivity (Wildman–Crippen MR) is 84.5 cm³/mol. The van der Waals surface area contributed by atoms with Crippen LogP contribution < -0.4 is 0 Å². The number of imidazole rings is 1. The summed E-state index contributed by atoms with van der Waals surface area (Å²) < 4.78 is 2.95. The summed E-state index contributed by atoms with van der Waals surface area (Å²) in [6.07, 6.45) is 5.72. The van der Waals surface area contributed by atoms with Crippen LogP contribution in [-0.2, 0) is 6.54 Å². The standard InChI is InChI=1S/C15H22N4S/c1-11-9-13-14(16-10-11)19(15(20)17-13)8-5-12-3-6-18(2)7-4-12/h9-10,12H,3-8H2,1-2H3,(H,17,20). The molecule has 1 fully saturated rings. The maximum Gasteiger partial charge on any atom is 0.179 e. The van der Waals surface area contributed by atoms with E-state index < -0.39 is 0 Å². The van der Waals surface area contributed by atoms with E-state index in [2.05, 4.69) is 39.5 Å². The molecule has 0 aromatic carbocycles. The van der Waals surface area contributed by atoms with Crippen molar-refractivity contribution < 1.29 is 0 Å². The molecule has 108 valence electrons. The molecular formula is C15H22N4S. The summed E-state index contributed by atoms with van der Waals surface area (Å²) in [6.45, 7) is 5.48. The maximum atomic E-state index is 5.44. The Hall–Kier alpha value is -1.20. The van der Waals surface area contributed by atoms with Crippen molar-refractivity contribution in [2.45, 2.75) is 32.7 Å². The highest BCUT2D eigenvalue weighted by Gasteiger charge is 2.17. The van der Waals surface area contributed by atoms with Gasteiger partial charge in [-0.1, -0.05) is 0 Å². The minimum Gasteiger partial charge on any atom is -0.329 e. The second-order valence-corrected chi connectivity index (χ2v) is 6.39. The van der Waals surface area contributed by atoms with Gasteiger partial charge in [0.15, 0.2) is 10.4 Å². The van der Waals surface area contributed by atoms with Gasteiger partial charge in [0.25, 0.3) is 0 Å².